The van der Waals surface area contributed by atoms with E-state index in [9.17, 15) is 9.59 Å². The van der Waals surface area contributed by atoms with Crippen LogP contribution in [0.4, 0.5) is 0 Å². The first-order chi connectivity index (χ1) is 10.1. The van der Waals surface area contributed by atoms with Gasteiger partial charge in [0.05, 0.1) is 17.2 Å². The molecule has 1 amide bonds. The number of ether oxygens (including phenoxy) is 1. The number of nitrogens with zero attached hydrogens (tertiary/aromatic N) is 2. The number of hydrogen-bond donors (Lipinski definition) is 0. The molecule has 0 bridgehead atoms. The Morgan fingerprint density at radius 2 is 2.24 bits per heavy atom. The van der Waals surface area contributed by atoms with Crippen molar-refractivity contribution in [3.05, 3.63) is 35.4 Å². The minimum Gasteiger partial charge on any atom is -0.452 e. The van der Waals surface area contributed by atoms with E-state index >= 15 is 0 Å². The molecule has 1 fully saturated rings. The van der Waals surface area contributed by atoms with Gasteiger partial charge in [0.15, 0.2) is 6.61 Å². The molecule has 5 heteroatoms. The van der Waals surface area contributed by atoms with Crippen LogP contribution in [0.1, 0.15) is 42.1 Å². The van der Waals surface area contributed by atoms with Crippen LogP contribution in [-0.2, 0) is 9.53 Å². The summed E-state index contributed by atoms with van der Waals surface area (Å²) in [5.74, 6) is -0.739. The van der Waals surface area contributed by atoms with E-state index in [-0.39, 0.29) is 24.1 Å². The van der Waals surface area contributed by atoms with Gasteiger partial charge in [0.1, 0.15) is 0 Å². The van der Waals surface area contributed by atoms with Crippen molar-refractivity contribution >= 4 is 11.9 Å². The summed E-state index contributed by atoms with van der Waals surface area (Å²) in [5, 5.41) is 8.80. The van der Waals surface area contributed by atoms with Gasteiger partial charge in [-0.25, -0.2) is 4.79 Å². The fourth-order valence-corrected chi connectivity index (χ4v) is 2.48. The van der Waals surface area contributed by atoms with Crippen LogP contribution in [0.2, 0.25) is 0 Å². The average Bonchev–Trinajstić information content (AvgIpc) is 2.52. The molecule has 0 saturated carbocycles. The maximum absolute atomic E-state index is 12.1. The summed E-state index contributed by atoms with van der Waals surface area (Å²) in [4.78, 5) is 25.7. The van der Waals surface area contributed by atoms with E-state index in [1.54, 1.807) is 23.1 Å². The molecule has 1 aliphatic heterocycles. The van der Waals surface area contributed by atoms with Crippen molar-refractivity contribution in [2.24, 2.45) is 0 Å². The van der Waals surface area contributed by atoms with Crippen LogP contribution in [-0.4, -0.2) is 36.0 Å². The standard InChI is InChI=1S/C16H18N2O3/c1-12-5-2-3-8-18(12)15(19)11-21-16(20)14-7-4-6-13(9-14)10-17/h4,6-7,9,12H,2-3,5,8,11H2,1H3/t12-/m1/s1. The van der Waals surface area contributed by atoms with Gasteiger partial charge in [-0.1, -0.05) is 6.07 Å². The number of nitriles is 1. The molecule has 110 valence electrons. The molecule has 5 nitrogen and oxygen atoms in total. The number of rotatable bonds is 3. The number of esters is 1. The van der Waals surface area contributed by atoms with E-state index in [0.717, 1.165) is 25.8 Å². The molecule has 1 aliphatic rings. The normalized spacial score (nSPS) is 17.9. The van der Waals surface area contributed by atoms with Gasteiger partial charge in [0.2, 0.25) is 0 Å². The topological polar surface area (TPSA) is 70.4 Å². The highest BCUT2D eigenvalue weighted by Gasteiger charge is 2.24. The van der Waals surface area contributed by atoms with Crippen LogP contribution < -0.4 is 0 Å². The second-order valence-electron chi connectivity index (χ2n) is 5.20. The van der Waals surface area contributed by atoms with Crippen molar-refractivity contribution in [3.8, 4) is 6.07 Å². The molecule has 0 radical (unpaired) electrons. The molecule has 0 aromatic heterocycles. The molecular formula is C16H18N2O3. The summed E-state index contributed by atoms with van der Waals surface area (Å²) in [6.07, 6.45) is 3.11. The average molecular weight is 286 g/mol. The van der Waals surface area contributed by atoms with Gasteiger partial charge < -0.3 is 9.64 Å². The lowest BCUT2D eigenvalue weighted by Crippen LogP contribution is -2.44. The Labute approximate surface area is 124 Å². The van der Waals surface area contributed by atoms with Crippen molar-refractivity contribution in [2.75, 3.05) is 13.2 Å². The SMILES string of the molecule is C[C@@H]1CCCCN1C(=O)COC(=O)c1cccc(C#N)c1. The van der Waals surface area contributed by atoms with Crippen molar-refractivity contribution in [1.29, 1.82) is 5.26 Å². The Bertz CT molecular complexity index is 577. The summed E-state index contributed by atoms with van der Waals surface area (Å²) in [6, 6.07) is 8.41. The molecular weight excluding hydrogens is 268 g/mol. The zero-order valence-corrected chi connectivity index (χ0v) is 12.0. The Kier molecular flexibility index (Phi) is 4.94. The Morgan fingerprint density at radius 3 is 2.95 bits per heavy atom. The second-order valence-corrected chi connectivity index (χ2v) is 5.20. The predicted octanol–water partition coefficient (Wildman–Crippen LogP) is 2.12. The first kappa shape index (κ1) is 15.0. The molecule has 21 heavy (non-hydrogen) atoms. The minimum absolute atomic E-state index is 0.160. The Hall–Kier alpha value is -2.35. The fraction of sp³-hybridized carbons (Fsp3) is 0.438. The molecule has 1 aromatic carbocycles. The number of piperidine rings is 1. The number of hydrogen-bond acceptors (Lipinski definition) is 4. The van der Waals surface area contributed by atoms with Gasteiger partial charge in [0.25, 0.3) is 5.91 Å². The first-order valence-corrected chi connectivity index (χ1v) is 7.08. The molecule has 0 N–H and O–H groups in total. The van der Waals surface area contributed by atoms with Crippen molar-refractivity contribution in [3.63, 3.8) is 0 Å². The lowest BCUT2D eigenvalue weighted by Gasteiger charge is -2.33. The Balaban J connectivity index is 1.91. The Morgan fingerprint density at radius 1 is 1.43 bits per heavy atom. The number of likely N-dealkylation sites (tertiary alicyclic amines) is 1. The number of carbonyl (C=O) groups is 2. The number of carbonyl (C=O) groups excluding carboxylic acids is 2. The van der Waals surface area contributed by atoms with Gasteiger partial charge >= 0.3 is 5.97 Å². The molecule has 0 aliphatic carbocycles. The third-order valence-electron chi connectivity index (χ3n) is 3.68. The highest BCUT2D eigenvalue weighted by atomic mass is 16.5. The summed E-state index contributed by atoms with van der Waals surface area (Å²) >= 11 is 0. The van der Waals surface area contributed by atoms with E-state index in [4.69, 9.17) is 10.00 Å². The predicted molar refractivity (Wildman–Crippen MR) is 76.5 cm³/mol. The van der Waals surface area contributed by atoms with E-state index in [0.29, 0.717) is 5.56 Å². The summed E-state index contributed by atoms with van der Waals surface area (Å²) in [6.45, 7) is 2.48. The van der Waals surface area contributed by atoms with Gasteiger partial charge in [-0.3, -0.25) is 4.79 Å². The molecule has 1 aromatic rings. The molecule has 0 unspecified atom stereocenters. The molecule has 2 rings (SSSR count). The quantitative estimate of drug-likeness (QED) is 0.798. The van der Waals surface area contributed by atoms with Crippen molar-refractivity contribution in [1.82, 2.24) is 4.90 Å². The first-order valence-electron chi connectivity index (χ1n) is 7.08. The van der Waals surface area contributed by atoms with Gasteiger partial charge in [-0.05, 0) is 44.4 Å². The largest absolute Gasteiger partial charge is 0.452 e. The third-order valence-corrected chi connectivity index (χ3v) is 3.68. The van der Waals surface area contributed by atoms with Crippen LogP contribution >= 0.6 is 0 Å². The lowest BCUT2D eigenvalue weighted by molar-refractivity contribution is -0.137. The minimum atomic E-state index is -0.579. The molecule has 1 saturated heterocycles. The van der Waals surface area contributed by atoms with Crippen LogP contribution in [0.5, 0.6) is 0 Å². The van der Waals surface area contributed by atoms with Crippen LogP contribution in [0.15, 0.2) is 24.3 Å². The monoisotopic (exact) mass is 286 g/mol. The van der Waals surface area contributed by atoms with E-state index in [1.165, 1.54) is 6.07 Å². The highest BCUT2D eigenvalue weighted by Crippen LogP contribution is 2.16. The summed E-state index contributed by atoms with van der Waals surface area (Å²) in [7, 11) is 0. The van der Waals surface area contributed by atoms with Crippen LogP contribution in [0, 0.1) is 11.3 Å². The van der Waals surface area contributed by atoms with E-state index < -0.39 is 5.97 Å². The van der Waals surface area contributed by atoms with Gasteiger partial charge in [-0.15, -0.1) is 0 Å². The van der Waals surface area contributed by atoms with Crippen LogP contribution in [0.25, 0.3) is 0 Å². The maximum Gasteiger partial charge on any atom is 0.338 e. The maximum atomic E-state index is 12.1. The van der Waals surface area contributed by atoms with Crippen LogP contribution in [0.3, 0.4) is 0 Å². The van der Waals surface area contributed by atoms with Crippen molar-refractivity contribution < 1.29 is 14.3 Å². The lowest BCUT2D eigenvalue weighted by atomic mass is 10.0. The van der Waals surface area contributed by atoms with Crippen molar-refractivity contribution in [2.45, 2.75) is 32.2 Å². The molecule has 1 atom stereocenters. The summed E-state index contributed by atoms with van der Waals surface area (Å²) in [5.41, 5.74) is 0.675. The van der Waals surface area contributed by atoms with E-state index in [1.807, 2.05) is 13.0 Å². The smallest absolute Gasteiger partial charge is 0.338 e. The zero-order valence-electron chi connectivity index (χ0n) is 12.0. The summed E-state index contributed by atoms with van der Waals surface area (Å²) < 4.78 is 5.05. The zero-order chi connectivity index (χ0) is 15.2. The van der Waals surface area contributed by atoms with E-state index in [2.05, 4.69) is 0 Å². The third kappa shape index (κ3) is 3.82. The molecule has 0 spiro atoms. The molecule has 1 heterocycles. The van der Waals surface area contributed by atoms with Gasteiger partial charge in [0, 0.05) is 12.6 Å². The number of benzene rings is 1. The highest BCUT2D eigenvalue weighted by molar-refractivity contribution is 5.91. The number of amides is 1. The second kappa shape index (κ2) is 6.89. The van der Waals surface area contributed by atoms with Gasteiger partial charge in [-0.2, -0.15) is 5.26 Å². The fourth-order valence-electron chi connectivity index (χ4n) is 2.48.